The molecule has 110 valence electrons. The SMILES string of the molecule is CN(CC1CCOC1)C1CCCN(c2ccccc2)C1. The molecule has 0 saturated carbocycles. The second-order valence-corrected chi connectivity index (χ2v) is 6.25. The van der Waals surface area contributed by atoms with Crippen molar-refractivity contribution in [2.45, 2.75) is 25.3 Å². The van der Waals surface area contributed by atoms with E-state index in [0.29, 0.717) is 6.04 Å². The predicted octanol–water partition coefficient (Wildman–Crippen LogP) is 2.62. The number of benzene rings is 1. The molecule has 2 heterocycles. The number of nitrogens with zero attached hydrogens (tertiary/aromatic N) is 2. The van der Waals surface area contributed by atoms with Gasteiger partial charge in [0.25, 0.3) is 0 Å². The molecule has 0 spiro atoms. The first-order chi connectivity index (χ1) is 9.83. The van der Waals surface area contributed by atoms with Crippen LogP contribution in [-0.4, -0.2) is 50.8 Å². The molecular weight excluding hydrogens is 248 g/mol. The lowest BCUT2D eigenvalue weighted by atomic mass is 10.0. The minimum Gasteiger partial charge on any atom is -0.381 e. The van der Waals surface area contributed by atoms with Crippen LogP contribution in [0.4, 0.5) is 5.69 Å². The zero-order valence-electron chi connectivity index (χ0n) is 12.5. The molecule has 20 heavy (non-hydrogen) atoms. The van der Waals surface area contributed by atoms with Crippen LogP contribution in [0.5, 0.6) is 0 Å². The van der Waals surface area contributed by atoms with E-state index in [4.69, 9.17) is 4.74 Å². The monoisotopic (exact) mass is 274 g/mol. The van der Waals surface area contributed by atoms with Gasteiger partial charge in [-0.05, 0) is 44.4 Å². The van der Waals surface area contributed by atoms with E-state index in [0.717, 1.165) is 25.7 Å². The van der Waals surface area contributed by atoms with E-state index in [1.807, 2.05) is 0 Å². The summed E-state index contributed by atoms with van der Waals surface area (Å²) < 4.78 is 5.50. The van der Waals surface area contributed by atoms with Crippen LogP contribution in [0.2, 0.25) is 0 Å². The van der Waals surface area contributed by atoms with Crippen molar-refractivity contribution in [3.05, 3.63) is 30.3 Å². The smallest absolute Gasteiger partial charge is 0.0507 e. The van der Waals surface area contributed by atoms with Crippen molar-refractivity contribution in [3.63, 3.8) is 0 Å². The molecule has 0 amide bonds. The van der Waals surface area contributed by atoms with Crippen LogP contribution >= 0.6 is 0 Å². The number of ether oxygens (including phenoxy) is 1. The first-order valence-corrected chi connectivity index (χ1v) is 7.91. The maximum atomic E-state index is 5.50. The van der Waals surface area contributed by atoms with Gasteiger partial charge < -0.3 is 14.5 Å². The molecule has 1 aromatic carbocycles. The molecule has 0 aliphatic carbocycles. The zero-order valence-corrected chi connectivity index (χ0v) is 12.5. The highest BCUT2D eigenvalue weighted by Gasteiger charge is 2.26. The van der Waals surface area contributed by atoms with Crippen LogP contribution < -0.4 is 4.90 Å². The Hall–Kier alpha value is -1.06. The van der Waals surface area contributed by atoms with Crippen LogP contribution in [0.1, 0.15) is 19.3 Å². The second kappa shape index (κ2) is 6.59. The van der Waals surface area contributed by atoms with Gasteiger partial charge in [0.2, 0.25) is 0 Å². The Morgan fingerprint density at radius 3 is 2.85 bits per heavy atom. The summed E-state index contributed by atoms with van der Waals surface area (Å²) in [5.74, 6) is 0.743. The largest absolute Gasteiger partial charge is 0.381 e. The standard InChI is InChI=1S/C17H26N2O/c1-18(12-15-9-11-20-14-15)17-8-5-10-19(13-17)16-6-3-2-4-7-16/h2-4,6-7,15,17H,5,8-14H2,1H3. The van der Waals surface area contributed by atoms with E-state index >= 15 is 0 Å². The van der Waals surface area contributed by atoms with Gasteiger partial charge >= 0.3 is 0 Å². The van der Waals surface area contributed by atoms with Crippen LogP contribution in [0.15, 0.2) is 30.3 Å². The van der Waals surface area contributed by atoms with Gasteiger partial charge in [-0.1, -0.05) is 18.2 Å². The number of rotatable bonds is 4. The van der Waals surface area contributed by atoms with E-state index in [9.17, 15) is 0 Å². The summed E-state index contributed by atoms with van der Waals surface area (Å²) in [7, 11) is 2.29. The summed E-state index contributed by atoms with van der Waals surface area (Å²) in [4.78, 5) is 5.10. The van der Waals surface area contributed by atoms with Crippen LogP contribution in [0.25, 0.3) is 0 Å². The first kappa shape index (κ1) is 13.9. The van der Waals surface area contributed by atoms with E-state index in [2.05, 4.69) is 47.2 Å². The number of anilines is 1. The number of hydrogen-bond acceptors (Lipinski definition) is 3. The van der Waals surface area contributed by atoms with E-state index in [1.54, 1.807) is 0 Å². The Labute approximate surface area is 122 Å². The summed E-state index contributed by atoms with van der Waals surface area (Å²) in [6, 6.07) is 11.5. The highest BCUT2D eigenvalue weighted by Crippen LogP contribution is 2.23. The number of para-hydroxylation sites is 1. The molecule has 3 rings (SSSR count). The van der Waals surface area contributed by atoms with Crippen molar-refractivity contribution in [2.24, 2.45) is 5.92 Å². The van der Waals surface area contributed by atoms with Gasteiger partial charge in [0.05, 0.1) is 6.61 Å². The summed E-state index contributed by atoms with van der Waals surface area (Å²) >= 11 is 0. The van der Waals surface area contributed by atoms with Gasteiger partial charge in [-0.2, -0.15) is 0 Å². The quantitative estimate of drug-likeness (QED) is 0.839. The lowest BCUT2D eigenvalue weighted by Gasteiger charge is -2.39. The second-order valence-electron chi connectivity index (χ2n) is 6.25. The van der Waals surface area contributed by atoms with E-state index in [1.165, 1.54) is 38.0 Å². The summed E-state index contributed by atoms with van der Waals surface area (Å²) in [6.45, 7) is 5.46. The zero-order chi connectivity index (χ0) is 13.8. The van der Waals surface area contributed by atoms with Gasteiger partial charge in [0.15, 0.2) is 0 Å². The average Bonchev–Trinajstić information content (AvgIpc) is 3.01. The van der Waals surface area contributed by atoms with Crippen LogP contribution in [-0.2, 0) is 4.74 Å². The molecule has 2 aliphatic heterocycles. The Bertz CT molecular complexity index is 403. The lowest BCUT2D eigenvalue weighted by Crippen LogP contribution is -2.47. The van der Waals surface area contributed by atoms with Gasteiger partial charge in [0.1, 0.15) is 0 Å². The van der Waals surface area contributed by atoms with Crippen LogP contribution in [0, 0.1) is 5.92 Å². The summed E-state index contributed by atoms with van der Waals surface area (Å²) in [5, 5.41) is 0. The van der Waals surface area contributed by atoms with Gasteiger partial charge in [-0.3, -0.25) is 0 Å². The van der Waals surface area contributed by atoms with Gasteiger partial charge in [-0.25, -0.2) is 0 Å². The molecule has 3 nitrogen and oxygen atoms in total. The first-order valence-electron chi connectivity index (χ1n) is 7.91. The number of hydrogen-bond donors (Lipinski definition) is 0. The Balaban J connectivity index is 1.57. The van der Waals surface area contributed by atoms with Crippen LogP contribution in [0.3, 0.4) is 0 Å². The highest BCUT2D eigenvalue weighted by atomic mass is 16.5. The molecule has 2 atom stereocenters. The fourth-order valence-electron chi connectivity index (χ4n) is 3.47. The highest BCUT2D eigenvalue weighted by molar-refractivity contribution is 5.46. The van der Waals surface area contributed by atoms with Crippen molar-refractivity contribution < 1.29 is 4.74 Å². The molecule has 3 heteroatoms. The van der Waals surface area contributed by atoms with Crippen molar-refractivity contribution in [1.82, 2.24) is 4.90 Å². The Morgan fingerprint density at radius 2 is 2.10 bits per heavy atom. The lowest BCUT2D eigenvalue weighted by molar-refractivity contribution is 0.153. The summed E-state index contributed by atoms with van der Waals surface area (Å²) in [6.07, 6.45) is 3.86. The fraction of sp³-hybridized carbons (Fsp3) is 0.647. The minimum atomic E-state index is 0.685. The molecule has 0 aromatic heterocycles. The maximum absolute atomic E-state index is 5.50. The maximum Gasteiger partial charge on any atom is 0.0507 e. The van der Waals surface area contributed by atoms with Crippen molar-refractivity contribution in [1.29, 1.82) is 0 Å². The molecule has 2 aliphatic rings. The van der Waals surface area contributed by atoms with Crippen molar-refractivity contribution in [2.75, 3.05) is 44.8 Å². The molecule has 2 unspecified atom stereocenters. The van der Waals surface area contributed by atoms with Crippen molar-refractivity contribution in [3.8, 4) is 0 Å². The minimum absolute atomic E-state index is 0.685. The molecule has 0 bridgehead atoms. The molecule has 2 saturated heterocycles. The van der Waals surface area contributed by atoms with Crippen molar-refractivity contribution >= 4 is 5.69 Å². The molecule has 0 radical (unpaired) electrons. The average molecular weight is 274 g/mol. The summed E-state index contributed by atoms with van der Waals surface area (Å²) in [5.41, 5.74) is 1.37. The van der Waals surface area contributed by atoms with E-state index in [-0.39, 0.29) is 0 Å². The third-order valence-corrected chi connectivity index (χ3v) is 4.71. The molecular formula is C17H26N2O. The Kier molecular flexibility index (Phi) is 4.58. The third kappa shape index (κ3) is 3.33. The third-order valence-electron chi connectivity index (χ3n) is 4.71. The van der Waals surface area contributed by atoms with Gasteiger partial charge in [0, 0.05) is 38.0 Å². The predicted molar refractivity (Wildman–Crippen MR) is 83.2 cm³/mol. The number of likely N-dealkylation sites (N-methyl/N-ethyl adjacent to an activating group) is 1. The normalized spacial score (nSPS) is 27.2. The fourth-order valence-corrected chi connectivity index (χ4v) is 3.47. The molecule has 1 aromatic rings. The topological polar surface area (TPSA) is 15.7 Å². The molecule has 0 N–H and O–H groups in total. The number of piperidine rings is 1. The Morgan fingerprint density at radius 1 is 1.25 bits per heavy atom. The van der Waals surface area contributed by atoms with E-state index < -0.39 is 0 Å². The molecule has 2 fully saturated rings. The van der Waals surface area contributed by atoms with Gasteiger partial charge in [-0.15, -0.1) is 0 Å².